The van der Waals surface area contributed by atoms with Crippen LogP contribution in [0.2, 0.25) is 0 Å². The van der Waals surface area contributed by atoms with Crippen LogP contribution in [0.1, 0.15) is 32.6 Å². The second-order valence-electron chi connectivity index (χ2n) is 4.37. The quantitative estimate of drug-likeness (QED) is 0.655. The highest BCUT2D eigenvalue weighted by Gasteiger charge is 2.29. The molecular weight excluding hydrogens is 162 g/mol. The molecule has 0 amide bonds. The van der Waals surface area contributed by atoms with Crippen LogP contribution in [0.15, 0.2) is 0 Å². The molecular formula is C11H23NO. The molecule has 1 fully saturated rings. The zero-order valence-corrected chi connectivity index (χ0v) is 9.18. The number of methoxy groups -OCH3 is 1. The molecule has 0 aromatic carbocycles. The minimum absolute atomic E-state index is 0.708. The van der Waals surface area contributed by atoms with Crippen LogP contribution in [0, 0.1) is 11.8 Å². The number of rotatable bonds is 7. The van der Waals surface area contributed by atoms with Gasteiger partial charge in [0, 0.05) is 19.8 Å². The SMILES string of the molecule is CNC(CCC(C)COC)C1CC1. The standard InChI is InChI=1S/C11H23NO/c1-9(8-13-3)4-7-11(12-2)10-5-6-10/h9-12H,4-8H2,1-3H3. The van der Waals surface area contributed by atoms with E-state index < -0.39 is 0 Å². The van der Waals surface area contributed by atoms with E-state index in [0.717, 1.165) is 18.6 Å². The van der Waals surface area contributed by atoms with Gasteiger partial charge in [-0.1, -0.05) is 6.92 Å². The van der Waals surface area contributed by atoms with Gasteiger partial charge in [-0.2, -0.15) is 0 Å². The molecule has 0 bridgehead atoms. The smallest absolute Gasteiger partial charge is 0.0487 e. The van der Waals surface area contributed by atoms with Gasteiger partial charge in [0.15, 0.2) is 0 Å². The van der Waals surface area contributed by atoms with Gasteiger partial charge in [-0.25, -0.2) is 0 Å². The van der Waals surface area contributed by atoms with Crippen LogP contribution >= 0.6 is 0 Å². The summed E-state index contributed by atoms with van der Waals surface area (Å²) < 4.78 is 5.13. The van der Waals surface area contributed by atoms with E-state index in [1.807, 2.05) is 0 Å². The zero-order valence-electron chi connectivity index (χ0n) is 9.18. The van der Waals surface area contributed by atoms with Crippen LogP contribution < -0.4 is 5.32 Å². The Balaban J connectivity index is 2.07. The van der Waals surface area contributed by atoms with Crippen molar-refractivity contribution in [1.82, 2.24) is 5.32 Å². The van der Waals surface area contributed by atoms with Gasteiger partial charge in [-0.15, -0.1) is 0 Å². The zero-order chi connectivity index (χ0) is 9.68. The third kappa shape index (κ3) is 4.10. The van der Waals surface area contributed by atoms with Crippen molar-refractivity contribution in [3.63, 3.8) is 0 Å². The second kappa shape index (κ2) is 5.61. The predicted octanol–water partition coefficient (Wildman–Crippen LogP) is 2.05. The van der Waals surface area contributed by atoms with Crippen molar-refractivity contribution in [2.75, 3.05) is 20.8 Å². The summed E-state index contributed by atoms with van der Waals surface area (Å²) >= 11 is 0. The third-order valence-corrected chi connectivity index (χ3v) is 2.98. The first kappa shape index (κ1) is 11.0. The fraction of sp³-hybridized carbons (Fsp3) is 1.00. The minimum Gasteiger partial charge on any atom is -0.384 e. The molecule has 1 rings (SSSR count). The minimum atomic E-state index is 0.708. The normalized spacial score (nSPS) is 21.5. The summed E-state index contributed by atoms with van der Waals surface area (Å²) in [7, 11) is 3.87. The number of nitrogens with one attached hydrogen (secondary N) is 1. The van der Waals surface area contributed by atoms with Crippen LogP contribution in [-0.4, -0.2) is 26.8 Å². The van der Waals surface area contributed by atoms with Gasteiger partial charge < -0.3 is 10.1 Å². The molecule has 78 valence electrons. The highest BCUT2D eigenvalue weighted by molar-refractivity contribution is 4.85. The number of ether oxygens (including phenoxy) is 1. The molecule has 2 nitrogen and oxygen atoms in total. The Bertz CT molecular complexity index is 134. The molecule has 2 atom stereocenters. The van der Waals surface area contributed by atoms with E-state index in [1.165, 1.54) is 25.7 Å². The van der Waals surface area contributed by atoms with Crippen molar-refractivity contribution in [3.05, 3.63) is 0 Å². The van der Waals surface area contributed by atoms with Gasteiger partial charge in [0.25, 0.3) is 0 Å². The molecule has 13 heavy (non-hydrogen) atoms. The maximum atomic E-state index is 5.13. The largest absolute Gasteiger partial charge is 0.384 e. The summed E-state index contributed by atoms with van der Waals surface area (Å²) in [5.74, 6) is 1.68. The maximum absolute atomic E-state index is 5.13. The van der Waals surface area contributed by atoms with Gasteiger partial charge in [0.05, 0.1) is 0 Å². The summed E-state index contributed by atoms with van der Waals surface area (Å²) in [5, 5.41) is 3.42. The Kier molecular flexibility index (Phi) is 4.74. The first-order valence-corrected chi connectivity index (χ1v) is 5.44. The van der Waals surface area contributed by atoms with Gasteiger partial charge >= 0.3 is 0 Å². The monoisotopic (exact) mass is 185 g/mol. The fourth-order valence-electron chi connectivity index (χ4n) is 1.95. The van der Waals surface area contributed by atoms with E-state index in [2.05, 4.69) is 19.3 Å². The number of hydrogen-bond acceptors (Lipinski definition) is 2. The van der Waals surface area contributed by atoms with E-state index >= 15 is 0 Å². The van der Waals surface area contributed by atoms with Crippen LogP contribution in [0.3, 0.4) is 0 Å². The van der Waals surface area contributed by atoms with Crippen LogP contribution in [0.4, 0.5) is 0 Å². The molecule has 0 aliphatic heterocycles. The molecule has 0 spiro atoms. The Hall–Kier alpha value is -0.0800. The highest BCUT2D eigenvalue weighted by atomic mass is 16.5. The summed E-state index contributed by atoms with van der Waals surface area (Å²) in [4.78, 5) is 0. The molecule has 0 heterocycles. The average molecular weight is 185 g/mol. The molecule has 0 aromatic heterocycles. The molecule has 0 radical (unpaired) electrons. The molecule has 1 aliphatic rings. The Morgan fingerprint density at radius 1 is 1.38 bits per heavy atom. The van der Waals surface area contributed by atoms with Gasteiger partial charge in [-0.3, -0.25) is 0 Å². The molecule has 1 saturated carbocycles. The first-order chi connectivity index (χ1) is 6.27. The van der Waals surface area contributed by atoms with Gasteiger partial charge in [0.1, 0.15) is 0 Å². The molecule has 1 N–H and O–H groups in total. The summed E-state index contributed by atoms with van der Waals surface area (Å²) in [5.41, 5.74) is 0. The first-order valence-electron chi connectivity index (χ1n) is 5.44. The van der Waals surface area contributed by atoms with E-state index in [-0.39, 0.29) is 0 Å². The summed E-state index contributed by atoms with van der Waals surface area (Å²) in [6.45, 7) is 3.17. The van der Waals surface area contributed by atoms with Crippen molar-refractivity contribution in [1.29, 1.82) is 0 Å². The van der Waals surface area contributed by atoms with E-state index in [0.29, 0.717) is 5.92 Å². The Morgan fingerprint density at radius 3 is 2.54 bits per heavy atom. The Morgan fingerprint density at radius 2 is 2.08 bits per heavy atom. The van der Waals surface area contributed by atoms with E-state index in [1.54, 1.807) is 7.11 Å². The summed E-state index contributed by atoms with van der Waals surface area (Å²) in [6.07, 6.45) is 5.47. The maximum Gasteiger partial charge on any atom is 0.0487 e. The Labute approximate surface area is 82.0 Å². The molecule has 0 aromatic rings. The lowest BCUT2D eigenvalue weighted by Crippen LogP contribution is -2.28. The number of hydrogen-bond donors (Lipinski definition) is 1. The van der Waals surface area contributed by atoms with Crippen molar-refractivity contribution in [3.8, 4) is 0 Å². The average Bonchev–Trinajstić information content (AvgIpc) is 2.90. The lowest BCUT2D eigenvalue weighted by Gasteiger charge is -2.17. The van der Waals surface area contributed by atoms with Crippen molar-refractivity contribution < 1.29 is 4.74 Å². The second-order valence-corrected chi connectivity index (χ2v) is 4.37. The fourth-order valence-corrected chi connectivity index (χ4v) is 1.95. The van der Waals surface area contributed by atoms with Crippen molar-refractivity contribution >= 4 is 0 Å². The molecule has 2 unspecified atom stereocenters. The van der Waals surface area contributed by atoms with Crippen LogP contribution in [0.5, 0.6) is 0 Å². The predicted molar refractivity (Wildman–Crippen MR) is 55.8 cm³/mol. The van der Waals surface area contributed by atoms with Crippen LogP contribution in [-0.2, 0) is 4.74 Å². The van der Waals surface area contributed by atoms with Gasteiger partial charge in [0.2, 0.25) is 0 Å². The molecule has 1 aliphatic carbocycles. The van der Waals surface area contributed by atoms with Crippen molar-refractivity contribution in [2.24, 2.45) is 11.8 Å². The topological polar surface area (TPSA) is 21.3 Å². The summed E-state index contributed by atoms with van der Waals surface area (Å²) in [6, 6.07) is 0.763. The van der Waals surface area contributed by atoms with Crippen LogP contribution in [0.25, 0.3) is 0 Å². The highest BCUT2D eigenvalue weighted by Crippen LogP contribution is 2.34. The lowest BCUT2D eigenvalue weighted by atomic mass is 10.00. The van der Waals surface area contributed by atoms with E-state index in [4.69, 9.17) is 4.74 Å². The van der Waals surface area contributed by atoms with Crippen molar-refractivity contribution in [2.45, 2.75) is 38.6 Å². The molecule has 0 saturated heterocycles. The third-order valence-electron chi connectivity index (χ3n) is 2.98. The van der Waals surface area contributed by atoms with Gasteiger partial charge in [-0.05, 0) is 44.6 Å². The molecule has 2 heteroatoms. The lowest BCUT2D eigenvalue weighted by molar-refractivity contribution is 0.152. The van der Waals surface area contributed by atoms with E-state index in [9.17, 15) is 0 Å².